The molecule has 2 heterocycles. The van der Waals surface area contributed by atoms with Crippen LogP contribution in [-0.2, 0) is 11.2 Å². The summed E-state index contributed by atoms with van der Waals surface area (Å²) in [6, 6.07) is 11.5. The molecule has 5 rings (SSSR count). The lowest BCUT2D eigenvalue weighted by atomic mass is 9.82. The Bertz CT molecular complexity index is 1160. The first-order valence-corrected chi connectivity index (χ1v) is 13.0. The zero-order chi connectivity index (χ0) is 24.2. The third kappa shape index (κ3) is 5.45. The van der Waals surface area contributed by atoms with Crippen molar-refractivity contribution < 1.29 is 4.79 Å². The van der Waals surface area contributed by atoms with Gasteiger partial charge in [0, 0.05) is 30.5 Å². The van der Waals surface area contributed by atoms with Crippen LogP contribution in [0.25, 0.3) is 5.82 Å². The molecule has 1 saturated carbocycles. The Kier molecular flexibility index (Phi) is 7.23. The highest BCUT2D eigenvalue weighted by molar-refractivity contribution is 6.30. The number of nitrogens with zero attached hydrogens (tertiary/aromatic N) is 3. The molecule has 3 N–H and O–H groups in total. The fourth-order valence-electron chi connectivity index (χ4n) is 5.46. The maximum absolute atomic E-state index is 13.8. The molecule has 1 amide bonds. The van der Waals surface area contributed by atoms with Crippen LogP contribution in [0.15, 0.2) is 48.8 Å². The van der Waals surface area contributed by atoms with Gasteiger partial charge in [0.15, 0.2) is 0 Å². The summed E-state index contributed by atoms with van der Waals surface area (Å²) in [6.07, 6.45) is 12.5. The summed E-state index contributed by atoms with van der Waals surface area (Å²) in [5.41, 5.74) is 2.42. The fraction of sp³-hybridized carbons (Fsp3) is 0.444. The fourth-order valence-corrected chi connectivity index (χ4v) is 5.65. The summed E-state index contributed by atoms with van der Waals surface area (Å²) in [7, 11) is 1.80. The Balaban J connectivity index is 1.41. The molecular weight excluding hydrogens is 460 g/mol. The smallest absolute Gasteiger partial charge is 0.243 e. The Labute approximate surface area is 211 Å². The third-order valence-electron chi connectivity index (χ3n) is 7.25. The molecule has 2 atom stereocenters. The van der Waals surface area contributed by atoms with Crippen LogP contribution in [0.1, 0.15) is 62.1 Å². The van der Waals surface area contributed by atoms with E-state index in [2.05, 4.69) is 32.0 Å². The van der Waals surface area contributed by atoms with Crippen molar-refractivity contribution in [2.45, 2.75) is 63.5 Å². The molecule has 2 aliphatic carbocycles. The van der Waals surface area contributed by atoms with Crippen molar-refractivity contribution in [1.29, 1.82) is 0 Å². The van der Waals surface area contributed by atoms with Crippen LogP contribution in [0, 0.1) is 5.92 Å². The summed E-state index contributed by atoms with van der Waals surface area (Å²) in [5.74, 6) is 2.21. The van der Waals surface area contributed by atoms with Crippen molar-refractivity contribution in [1.82, 2.24) is 19.9 Å². The molecule has 3 aromatic rings. The van der Waals surface area contributed by atoms with Gasteiger partial charge in [0.05, 0.1) is 6.04 Å². The minimum absolute atomic E-state index is 0.00473. The lowest BCUT2D eigenvalue weighted by Gasteiger charge is -2.33. The highest BCUT2D eigenvalue weighted by Crippen LogP contribution is 2.33. The molecule has 0 spiro atoms. The van der Waals surface area contributed by atoms with Gasteiger partial charge >= 0.3 is 0 Å². The Morgan fingerprint density at radius 2 is 1.86 bits per heavy atom. The Morgan fingerprint density at radius 1 is 1.06 bits per heavy atom. The van der Waals surface area contributed by atoms with Gasteiger partial charge in [-0.05, 0) is 73.4 Å². The van der Waals surface area contributed by atoms with E-state index in [1.165, 1.54) is 17.5 Å². The first-order chi connectivity index (χ1) is 17.1. The second-order valence-electron chi connectivity index (χ2n) is 9.59. The van der Waals surface area contributed by atoms with Gasteiger partial charge in [0.25, 0.3) is 0 Å². The lowest BCUT2D eigenvalue weighted by molar-refractivity contribution is -0.124. The van der Waals surface area contributed by atoms with E-state index in [9.17, 15) is 4.79 Å². The zero-order valence-electron chi connectivity index (χ0n) is 20.1. The maximum Gasteiger partial charge on any atom is 0.243 e. The number of anilines is 2. The van der Waals surface area contributed by atoms with Crippen molar-refractivity contribution in [2.24, 2.45) is 5.92 Å². The highest BCUT2D eigenvalue weighted by Gasteiger charge is 2.32. The van der Waals surface area contributed by atoms with E-state index < -0.39 is 0 Å². The first-order valence-electron chi connectivity index (χ1n) is 12.7. The van der Waals surface area contributed by atoms with E-state index in [-0.39, 0.29) is 23.9 Å². The molecule has 35 heavy (non-hydrogen) atoms. The van der Waals surface area contributed by atoms with Crippen LogP contribution in [-0.4, -0.2) is 33.5 Å². The summed E-state index contributed by atoms with van der Waals surface area (Å²) in [4.78, 5) is 23.0. The molecule has 184 valence electrons. The molecule has 0 saturated heterocycles. The largest absolute Gasteiger partial charge is 0.358 e. The predicted octanol–water partition coefficient (Wildman–Crippen LogP) is 5.52. The van der Waals surface area contributed by atoms with Crippen molar-refractivity contribution in [3.63, 3.8) is 0 Å². The SMILES string of the molecule is CNc1nc(N[C@@H](C(=O)NC2CCCc3cc(Cl)ccc32)C2CCCCC2)cc(-n2cccc2)n1. The number of carbonyl (C=O) groups is 1. The van der Waals surface area contributed by atoms with E-state index in [0.717, 1.165) is 55.8 Å². The van der Waals surface area contributed by atoms with Crippen molar-refractivity contribution in [3.8, 4) is 5.82 Å². The average Bonchev–Trinajstić information content (AvgIpc) is 3.43. The van der Waals surface area contributed by atoms with Crippen LogP contribution in [0.4, 0.5) is 11.8 Å². The third-order valence-corrected chi connectivity index (χ3v) is 7.48. The number of amides is 1. The Morgan fingerprint density at radius 3 is 2.63 bits per heavy atom. The number of benzene rings is 1. The maximum atomic E-state index is 13.8. The number of rotatable bonds is 7. The number of halogens is 1. The van der Waals surface area contributed by atoms with E-state index >= 15 is 0 Å². The Hall–Kier alpha value is -3.06. The van der Waals surface area contributed by atoms with Crippen molar-refractivity contribution >= 4 is 29.3 Å². The number of hydrogen-bond acceptors (Lipinski definition) is 5. The van der Waals surface area contributed by atoms with Gasteiger partial charge in [-0.25, -0.2) is 0 Å². The molecule has 0 radical (unpaired) electrons. The van der Waals surface area contributed by atoms with Crippen LogP contribution in [0.5, 0.6) is 0 Å². The van der Waals surface area contributed by atoms with Gasteiger partial charge in [-0.15, -0.1) is 0 Å². The van der Waals surface area contributed by atoms with Crippen LogP contribution in [0.2, 0.25) is 5.02 Å². The molecule has 0 bridgehead atoms. The molecule has 8 heteroatoms. The second-order valence-corrected chi connectivity index (χ2v) is 10.0. The molecule has 2 aliphatic rings. The molecule has 7 nitrogen and oxygen atoms in total. The summed E-state index contributed by atoms with van der Waals surface area (Å²) >= 11 is 6.23. The minimum Gasteiger partial charge on any atom is -0.358 e. The average molecular weight is 493 g/mol. The summed E-state index contributed by atoms with van der Waals surface area (Å²) < 4.78 is 1.94. The van der Waals surface area contributed by atoms with Gasteiger partial charge in [0.2, 0.25) is 11.9 Å². The molecule has 0 aliphatic heterocycles. The van der Waals surface area contributed by atoms with Gasteiger partial charge in [-0.1, -0.05) is 36.9 Å². The van der Waals surface area contributed by atoms with Crippen LogP contribution < -0.4 is 16.0 Å². The molecular formula is C27H33ClN6O. The molecule has 2 aromatic heterocycles. The van der Waals surface area contributed by atoms with Gasteiger partial charge < -0.3 is 20.5 Å². The first kappa shape index (κ1) is 23.7. The molecule has 1 unspecified atom stereocenters. The monoisotopic (exact) mass is 492 g/mol. The highest BCUT2D eigenvalue weighted by atomic mass is 35.5. The van der Waals surface area contributed by atoms with E-state index in [4.69, 9.17) is 11.6 Å². The standard InChI is InChI=1S/C27H33ClN6O/c1-29-27-32-23(17-24(33-27)34-14-5-6-15-34)31-25(18-8-3-2-4-9-18)26(35)30-22-11-7-10-19-16-20(28)12-13-21(19)22/h5-6,12-18,22,25H,2-4,7-11H2,1H3,(H,30,35)(H2,29,31,32,33)/t22?,25-/m1/s1. The number of carbonyl (C=O) groups excluding carboxylic acids is 1. The van der Waals surface area contributed by atoms with Crippen molar-refractivity contribution in [3.05, 3.63) is 64.9 Å². The number of hydrogen-bond donors (Lipinski definition) is 3. The topological polar surface area (TPSA) is 83.9 Å². The quantitative estimate of drug-likeness (QED) is 0.404. The lowest BCUT2D eigenvalue weighted by Crippen LogP contribution is -2.47. The predicted molar refractivity (Wildman–Crippen MR) is 140 cm³/mol. The van der Waals surface area contributed by atoms with E-state index in [1.807, 2.05) is 47.3 Å². The number of aryl methyl sites for hydroxylation is 1. The second kappa shape index (κ2) is 10.7. The normalized spacial score (nSPS) is 19.0. The minimum atomic E-state index is -0.356. The molecule has 1 fully saturated rings. The number of aromatic nitrogens is 3. The van der Waals surface area contributed by atoms with Crippen LogP contribution in [0.3, 0.4) is 0 Å². The van der Waals surface area contributed by atoms with Gasteiger partial charge in [-0.2, -0.15) is 9.97 Å². The number of fused-ring (bicyclic) bond motifs is 1. The summed E-state index contributed by atoms with van der Waals surface area (Å²) in [5, 5.41) is 10.7. The number of nitrogens with one attached hydrogen (secondary N) is 3. The van der Waals surface area contributed by atoms with Gasteiger partial charge in [0.1, 0.15) is 17.7 Å². The van der Waals surface area contributed by atoms with Gasteiger partial charge in [-0.3, -0.25) is 4.79 Å². The zero-order valence-corrected chi connectivity index (χ0v) is 20.9. The molecule has 1 aromatic carbocycles. The van der Waals surface area contributed by atoms with Crippen molar-refractivity contribution in [2.75, 3.05) is 17.7 Å². The van der Waals surface area contributed by atoms with E-state index in [0.29, 0.717) is 11.8 Å². The van der Waals surface area contributed by atoms with Crippen LogP contribution >= 0.6 is 11.6 Å². The van der Waals surface area contributed by atoms with E-state index in [1.54, 1.807) is 7.05 Å². The summed E-state index contributed by atoms with van der Waals surface area (Å²) in [6.45, 7) is 0.